The van der Waals surface area contributed by atoms with E-state index >= 15 is 0 Å². The third-order valence-electron chi connectivity index (χ3n) is 6.57. The summed E-state index contributed by atoms with van der Waals surface area (Å²) in [6, 6.07) is 11.2. The van der Waals surface area contributed by atoms with E-state index in [1.807, 2.05) is 37.3 Å². The number of ether oxygens (including phenoxy) is 2. The summed E-state index contributed by atoms with van der Waals surface area (Å²) in [5, 5.41) is 2.72. The van der Waals surface area contributed by atoms with E-state index in [0.29, 0.717) is 18.1 Å². The summed E-state index contributed by atoms with van der Waals surface area (Å²) >= 11 is 0. The number of hydrogen-bond acceptors (Lipinski definition) is 9. The monoisotopic (exact) mass is 604 g/mol. The molecule has 3 amide bonds. The Kier molecular flexibility index (Phi) is 12.8. The molecular formula is C29H41N4O8P. The molecule has 0 bridgehead atoms. The summed E-state index contributed by atoms with van der Waals surface area (Å²) in [7, 11) is -2.25. The molecule has 1 aromatic heterocycles. The van der Waals surface area contributed by atoms with Crippen LogP contribution < -0.4 is 10.1 Å². The second-order valence-electron chi connectivity index (χ2n) is 9.58. The molecule has 1 aromatic carbocycles. The Morgan fingerprint density at radius 2 is 1.62 bits per heavy atom. The molecule has 1 unspecified atom stereocenters. The van der Waals surface area contributed by atoms with Gasteiger partial charge in [-0.15, -0.1) is 0 Å². The second kappa shape index (κ2) is 16.2. The van der Waals surface area contributed by atoms with Gasteiger partial charge < -0.3 is 33.6 Å². The van der Waals surface area contributed by atoms with E-state index in [1.165, 1.54) is 18.1 Å². The van der Waals surface area contributed by atoms with Crippen molar-refractivity contribution in [2.24, 2.45) is 0 Å². The molecular weight excluding hydrogens is 563 g/mol. The first-order valence-corrected chi connectivity index (χ1v) is 16.0. The van der Waals surface area contributed by atoms with E-state index < -0.39 is 31.5 Å². The van der Waals surface area contributed by atoms with E-state index in [0.717, 1.165) is 18.4 Å². The summed E-state index contributed by atoms with van der Waals surface area (Å²) in [6.07, 6.45) is 0.902. The van der Waals surface area contributed by atoms with Gasteiger partial charge in [-0.2, -0.15) is 0 Å². The maximum Gasteiger partial charge on any atom is 0.409 e. The number of unbranched alkanes of at least 4 members (excludes halogenated alkanes) is 1. The zero-order valence-corrected chi connectivity index (χ0v) is 25.6. The van der Waals surface area contributed by atoms with Crippen molar-refractivity contribution < 1.29 is 37.5 Å². The molecule has 2 aromatic rings. The number of pyridine rings is 1. The number of methoxy groups -OCH3 is 1. The van der Waals surface area contributed by atoms with Crippen LogP contribution in [0.3, 0.4) is 0 Å². The van der Waals surface area contributed by atoms with Gasteiger partial charge in [0.05, 0.1) is 38.8 Å². The molecule has 1 aliphatic heterocycles. The highest BCUT2D eigenvalue weighted by Crippen LogP contribution is 2.48. The Balaban J connectivity index is 1.82. The highest BCUT2D eigenvalue weighted by molar-refractivity contribution is 7.54. The summed E-state index contributed by atoms with van der Waals surface area (Å²) < 4.78 is 35.0. The highest BCUT2D eigenvalue weighted by atomic mass is 31.2. The first-order valence-electron chi connectivity index (χ1n) is 14.2. The van der Waals surface area contributed by atoms with Crippen LogP contribution in [-0.4, -0.2) is 98.0 Å². The van der Waals surface area contributed by atoms with Gasteiger partial charge in [0.15, 0.2) is 0 Å². The Labute approximate surface area is 247 Å². The summed E-state index contributed by atoms with van der Waals surface area (Å²) in [4.78, 5) is 47.2. The SMILES string of the molecule is CCCCOC(=O)N1CCN(C(=O)C(CP(=O)(OCC)OCC)NC(=O)c2cc(OC)cc(-c3ccccc3)n2)CC1. The van der Waals surface area contributed by atoms with Crippen LogP contribution in [0.25, 0.3) is 11.3 Å². The molecule has 12 nitrogen and oxygen atoms in total. The molecule has 1 fully saturated rings. The van der Waals surface area contributed by atoms with Crippen LogP contribution in [0, 0.1) is 0 Å². The third kappa shape index (κ3) is 9.27. The van der Waals surface area contributed by atoms with Crippen molar-refractivity contribution in [3.05, 3.63) is 48.2 Å². The molecule has 13 heteroatoms. The molecule has 0 aliphatic carbocycles. The molecule has 1 aliphatic rings. The predicted octanol–water partition coefficient (Wildman–Crippen LogP) is 4.20. The number of carbonyl (C=O) groups excluding carboxylic acids is 3. The lowest BCUT2D eigenvalue weighted by molar-refractivity contribution is -0.134. The molecule has 1 saturated heterocycles. The van der Waals surface area contributed by atoms with Crippen molar-refractivity contribution in [3.63, 3.8) is 0 Å². The van der Waals surface area contributed by atoms with Crippen LogP contribution in [0.1, 0.15) is 44.1 Å². The molecule has 0 spiro atoms. The molecule has 0 saturated carbocycles. The average Bonchev–Trinajstić information content (AvgIpc) is 3.00. The van der Waals surface area contributed by atoms with Crippen molar-refractivity contribution in [2.45, 2.75) is 39.7 Å². The van der Waals surface area contributed by atoms with Crippen LogP contribution >= 0.6 is 7.60 Å². The maximum absolute atomic E-state index is 13.7. The van der Waals surface area contributed by atoms with E-state index in [1.54, 1.807) is 24.8 Å². The summed E-state index contributed by atoms with van der Waals surface area (Å²) in [6.45, 7) is 6.87. The van der Waals surface area contributed by atoms with Crippen molar-refractivity contribution in [1.82, 2.24) is 20.1 Å². The van der Waals surface area contributed by atoms with E-state index in [2.05, 4.69) is 10.3 Å². The van der Waals surface area contributed by atoms with Gasteiger partial charge in [0.2, 0.25) is 5.91 Å². The average molecular weight is 605 g/mol. The topological polar surface area (TPSA) is 137 Å². The summed E-state index contributed by atoms with van der Waals surface area (Å²) in [5.41, 5.74) is 1.31. The van der Waals surface area contributed by atoms with Gasteiger partial charge in [-0.05, 0) is 20.3 Å². The fraction of sp³-hybridized carbons (Fsp3) is 0.517. The molecule has 230 valence electrons. The third-order valence-corrected chi connectivity index (χ3v) is 8.69. The number of rotatable bonds is 14. The van der Waals surface area contributed by atoms with Gasteiger partial charge in [-0.25, -0.2) is 9.78 Å². The van der Waals surface area contributed by atoms with Crippen LogP contribution in [0.15, 0.2) is 42.5 Å². The van der Waals surface area contributed by atoms with Crippen LogP contribution in [0.5, 0.6) is 5.75 Å². The largest absolute Gasteiger partial charge is 0.497 e. The number of nitrogens with zero attached hydrogens (tertiary/aromatic N) is 3. The van der Waals surface area contributed by atoms with E-state index in [9.17, 15) is 18.9 Å². The standard InChI is InChI=1S/C29H41N4O8P/c1-5-8-18-39-29(36)33-16-14-32(15-17-33)28(35)26(21-42(37,40-6-2)41-7-3)31-27(34)25-20-23(38-4)19-24(30-25)22-12-10-9-11-13-22/h9-13,19-20,26H,5-8,14-18,21H2,1-4H3,(H,31,34). The fourth-order valence-corrected chi connectivity index (χ4v) is 6.17. The molecule has 3 rings (SSSR count). The maximum atomic E-state index is 13.7. The second-order valence-corrected chi connectivity index (χ2v) is 11.7. The fourth-order valence-electron chi connectivity index (χ4n) is 4.40. The zero-order chi connectivity index (χ0) is 30.5. The molecule has 2 heterocycles. The van der Waals surface area contributed by atoms with E-state index in [4.69, 9.17) is 18.5 Å². The predicted molar refractivity (Wildman–Crippen MR) is 158 cm³/mol. The van der Waals surface area contributed by atoms with Crippen LogP contribution in [0.2, 0.25) is 0 Å². The van der Waals surface area contributed by atoms with Gasteiger partial charge in [-0.1, -0.05) is 43.7 Å². The van der Waals surface area contributed by atoms with Gasteiger partial charge in [-0.3, -0.25) is 14.2 Å². The highest BCUT2D eigenvalue weighted by Gasteiger charge is 2.37. The molecule has 0 radical (unpaired) electrons. The number of hydrogen-bond donors (Lipinski definition) is 1. The van der Waals surface area contributed by atoms with Gasteiger partial charge in [0, 0.05) is 43.9 Å². The minimum absolute atomic E-state index is 0.0216. The van der Waals surface area contributed by atoms with Gasteiger partial charge >= 0.3 is 13.7 Å². The minimum atomic E-state index is -3.74. The number of amides is 3. The normalized spacial score (nSPS) is 14.3. The number of benzene rings is 1. The van der Waals surface area contributed by atoms with Crippen molar-refractivity contribution in [3.8, 4) is 17.0 Å². The first-order chi connectivity index (χ1) is 20.2. The quantitative estimate of drug-likeness (QED) is 0.248. The molecule has 42 heavy (non-hydrogen) atoms. The van der Waals surface area contributed by atoms with E-state index in [-0.39, 0.29) is 51.2 Å². The smallest absolute Gasteiger partial charge is 0.409 e. The Morgan fingerprint density at radius 1 is 0.976 bits per heavy atom. The van der Waals surface area contributed by atoms with Crippen molar-refractivity contribution in [1.29, 1.82) is 0 Å². The Hall–Kier alpha value is -3.47. The van der Waals surface area contributed by atoms with Crippen molar-refractivity contribution >= 4 is 25.5 Å². The van der Waals surface area contributed by atoms with Crippen LogP contribution in [-0.2, 0) is 23.1 Å². The lowest BCUT2D eigenvalue weighted by atomic mass is 10.1. The van der Waals surface area contributed by atoms with Crippen molar-refractivity contribution in [2.75, 3.05) is 59.3 Å². The number of aromatic nitrogens is 1. The number of carbonyl (C=O) groups is 3. The molecule has 1 atom stereocenters. The Bertz CT molecular complexity index is 1230. The van der Waals surface area contributed by atoms with Crippen LogP contribution in [0.4, 0.5) is 4.79 Å². The number of nitrogens with one attached hydrogen (secondary N) is 1. The van der Waals surface area contributed by atoms with Gasteiger partial charge in [0.25, 0.3) is 5.91 Å². The Morgan fingerprint density at radius 3 is 2.21 bits per heavy atom. The first kappa shape index (κ1) is 33.0. The lowest BCUT2D eigenvalue weighted by Gasteiger charge is -2.36. The lowest BCUT2D eigenvalue weighted by Crippen LogP contribution is -2.57. The number of piperazine rings is 1. The summed E-state index contributed by atoms with van der Waals surface area (Å²) in [5.74, 6) is -0.705. The van der Waals surface area contributed by atoms with Gasteiger partial charge in [0.1, 0.15) is 17.5 Å². The minimum Gasteiger partial charge on any atom is -0.497 e. The molecule has 1 N–H and O–H groups in total. The zero-order valence-electron chi connectivity index (χ0n) is 24.7.